The first kappa shape index (κ1) is 29.7. The number of fused-ring (bicyclic) bond motifs is 2. The highest BCUT2D eigenvalue weighted by Gasteiger charge is 2.49. The van der Waals surface area contributed by atoms with Crippen molar-refractivity contribution in [1.29, 1.82) is 0 Å². The lowest BCUT2D eigenvalue weighted by molar-refractivity contribution is -0.155. The van der Waals surface area contributed by atoms with Crippen molar-refractivity contribution in [1.82, 2.24) is 15.5 Å². The number of benzene rings is 2. The highest BCUT2D eigenvalue weighted by atomic mass is 35.5. The Bertz CT molecular complexity index is 1240. The highest BCUT2D eigenvalue weighted by Crippen LogP contribution is 2.26. The summed E-state index contributed by atoms with van der Waals surface area (Å²) >= 11 is 12.0. The van der Waals surface area contributed by atoms with E-state index in [0.717, 1.165) is 5.69 Å². The number of carbonyl (C=O) groups excluding carboxylic acids is 4. The predicted octanol–water partition coefficient (Wildman–Crippen LogP) is 2.57. The van der Waals surface area contributed by atoms with Crippen LogP contribution in [0.1, 0.15) is 30.6 Å². The number of nitrogens with one attached hydrogen (secondary N) is 2. The molecule has 0 aliphatic carbocycles. The minimum atomic E-state index is -1.33. The fourth-order valence-electron chi connectivity index (χ4n) is 4.80. The number of amides is 2. The lowest BCUT2D eigenvalue weighted by Gasteiger charge is -2.45. The van der Waals surface area contributed by atoms with E-state index < -0.39 is 48.9 Å². The second-order valence-corrected chi connectivity index (χ2v) is 11.1. The predicted molar refractivity (Wildman–Crippen MR) is 152 cm³/mol. The Labute approximate surface area is 243 Å². The van der Waals surface area contributed by atoms with Gasteiger partial charge in [0.2, 0.25) is 5.91 Å². The summed E-state index contributed by atoms with van der Waals surface area (Å²) in [5.74, 6) is -3.02. The molecule has 2 aliphatic heterocycles. The zero-order valence-electron chi connectivity index (χ0n) is 22.4. The topological polar surface area (TPSA) is 117 Å². The van der Waals surface area contributed by atoms with Gasteiger partial charge in [-0.1, -0.05) is 55.2 Å². The van der Waals surface area contributed by atoms with E-state index in [1.807, 2.05) is 49.1 Å². The molecule has 13 heteroatoms. The quantitative estimate of drug-likeness (QED) is 0.452. The van der Waals surface area contributed by atoms with Crippen LogP contribution in [-0.4, -0.2) is 80.5 Å². The van der Waals surface area contributed by atoms with E-state index in [-0.39, 0.29) is 23.0 Å². The smallest absolute Gasteiger partial charge is 0.497 e. The van der Waals surface area contributed by atoms with E-state index in [1.165, 1.54) is 12.1 Å². The molecule has 2 amide bonds. The summed E-state index contributed by atoms with van der Waals surface area (Å²) in [6.45, 7) is 4.12. The number of para-hydroxylation sites is 1. The maximum atomic E-state index is 13.3. The first-order valence-electron chi connectivity index (χ1n) is 13.0. The van der Waals surface area contributed by atoms with E-state index in [2.05, 4.69) is 10.6 Å². The van der Waals surface area contributed by atoms with E-state index in [9.17, 15) is 19.2 Å². The Morgan fingerprint density at radius 2 is 1.65 bits per heavy atom. The van der Waals surface area contributed by atoms with Gasteiger partial charge in [0, 0.05) is 23.8 Å². The molecule has 2 bridgehead atoms. The number of hydrogen-bond acceptors (Lipinski definition) is 8. The van der Waals surface area contributed by atoms with Crippen LogP contribution in [0.2, 0.25) is 10.0 Å². The number of piperazine rings is 1. The molecule has 2 aromatic rings. The standard InChI is InChI=1S/C27H31BCl2N4O6/c1-16(2)11-23(32-24(35)13-31-25(36)19-12-17(29)9-10-20(19)30)28-39-26(37)21-14-34(18-7-5-4-6-8-18)15-22(33(21)3)27(38)40-28/h4-10,12,16,21-23H,11,13-15H2,1-3H3,(H,31,36)(H,32,35)/t21-,22-,23+/m1/s1. The van der Waals surface area contributed by atoms with Crippen molar-refractivity contribution in [3.63, 3.8) is 0 Å². The number of anilines is 1. The molecule has 0 aromatic heterocycles. The van der Waals surface area contributed by atoms with Gasteiger partial charge >= 0.3 is 19.1 Å². The van der Waals surface area contributed by atoms with Crippen LogP contribution in [-0.2, 0) is 23.7 Å². The third-order valence-corrected chi connectivity index (χ3v) is 7.45. The van der Waals surface area contributed by atoms with Crippen LogP contribution in [0, 0.1) is 5.92 Å². The van der Waals surface area contributed by atoms with Gasteiger partial charge in [0.25, 0.3) is 5.91 Å². The van der Waals surface area contributed by atoms with Gasteiger partial charge in [-0.15, -0.1) is 0 Å². The Morgan fingerprint density at radius 1 is 1.02 bits per heavy atom. The van der Waals surface area contributed by atoms with Crippen LogP contribution >= 0.6 is 23.2 Å². The molecule has 2 heterocycles. The van der Waals surface area contributed by atoms with Crippen LogP contribution in [0.3, 0.4) is 0 Å². The molecule has 2 aliphatic rings. The van der Waals surface area contributed by atoms with Crippen molar-refractivity contribution in [2.24, 2.45) is 5.92 Å². The fourth-order valence-corrected chi connectivity index (χ4v) is 5.18. The third kappa shape index (κ3) is 7.07. The second kappa shape index (κ2) is 12.9. The number of likely N-dealkylation sites (N-methyl/N-ethyl adjacent to an activating group) is 1. The normalized spacial score (nSPS) is 20.2. The molecule has 212 valence electrons. The molecular weight excluding hydrogens is 558 g/mol. The zero-order valence-corrected chi connectivity index (χ0v) is 23.9. The Kier molecular flexibility index (Phi) is 9.60. The van der Waals surface area contributed by atoms with Gasteiger partial charge < -0.3 is 24.8 Å². The fraction of sp³-hybridized carbons (Fsp3) is 0.407. The van der Waals surface area contributed by atoms with E-state index in [0.29, 0.717) is 24.5 Å². The number of hydrogen-bond donors (Lipinski definition) is 2. The lowest BCUT2D eigenvalue weighted by Crippen LogP contribution is -2.67. The number of nitrogens with zero attached hydrogens (tertiary/aromatic N) is 2. The average Bonchev–Trinajstić information content (AvgIpc) is 2.92. The minimum Gasteiger partial charge on any atom is -0.497 e. The zero-order chi connectivity index (χ0) is 29.0. The van der Waals surface area contributed by atoms with Crippen molar-refractivity contribution in [3.05, 3.63) is 64.1 Å². The Morgan fingerprint density at radius 3 is 2.25 bits per heavy atom. The maximum absolute atomic E-state index is 13.3. The summed E-state index contributed by atoms with van der Waals surface area (Å²) < 4.78 is 11.4. The van der Waals surface area contributed by atoms with E-state index >= 15 is 0 Å². The summed E-state index contributed by atoms with van der Waals surface area (Å²) in [5, 5.41) is 5.78. The van der Waals surface area contributed by atoms with Crippen LogP contribution in [0.4, 0.5) is 5.69 Å². The molecule has 2 aromatic carbocycles. The molecule has 2 saturated heterocycles. The van der Waals surface area contributed by atoms with Gasteiger partial charge in [-0.25, -0.2) is 0 Å². The molecule has 2 fully saturated rings. The third-order valence-electron chi connectivity index (χ3n) is 6.88. The van der Waals surface area contributed by atoms with Gasteiger partial charge in [0.1, 0.15) is 12.1 Å². The summed E-state index contributed by atoms with van der Waals surface area (Å²) in [5.41, 5.74) is 1.01. The molecule has 0 radical (unpaired) electrons. The lowest BCUT2D eigenvalue weighted by atomic mass is 9.73. The largest absolute Gasteiger partial charge is 0.622 e. The van der Waals surface area contributed by atoms with Crippen LogP contribution in [0.15, 0.2) is 48.5 Å². The number of carbonyl (C=O) groups is 4. The van der Waals surface area contributed by atoms with Gasteiger partial charge in [-0.2, -0.15) is 0 Å². The molecule has 0 unspecified atom stereocenters. The molecular formula is C27H31BCl2N4O6. The van der Waals surface area contributed by atoms with Gasteiger partial charge in [0.15, 0.2) is 0 Å². The van der Waals surface area contributed by atoms with Crippen LogP contribution in [0.5, 0.6) is 0 Å². The summed E-state index contributed by atoms with van der Waals surface area (Å²) in [6, 6.07) is 12.5. The molecule has 10 nitrogen and oxygen atoms in total. The minimum absolute atomic E-state index is 0.0590. The Balaban J connectivity index is 1.46. The summed E-state index contributed by atoms with van der Waals surface area (Å²) in [4.78, 5) is 55.7. The molecule has 3 atom stereocenters. The number of halogens is 2. The molecule has 40 heavy (non-hydrogen) atoms. The van der Waals surface area contributed by atoms with Crippen LogP contribution < -0.4 is 15.5 Å². The number of rotatable bonds is 8. The summed E-state index contributed by atoms with van der Waals surface area (Å²) in [7, 11) is 0.370. The van der Waals surface area contributed by atoms with Crippen molar-refractivity contribution in [3.8, 4) is 0 Å². The van der Waals surface area contributed by atoms with E-state index in [4.69, 9.17) is 32.5 Å². The van der Waals surface area contributed by atoms with Crippen molar-refractivity contribution < 1.29 is 28.5 Å². The second-order valence-electron chi connectivity index (χ2n) is 10.3. The molecule has 2 N–H and O–H groups in total. The SMILES string of the molecule is CC(C)C[C@H](NC(=O)CNC(=O)c1cc(Cl)ccc1Cl)B1OC(=O)[C@H]2CN(c3ccccc3)C[C@H](C(=O)O1)N2C. The highest BCUT2D eigenvalue weighted by molar-refractivity contribution is 6.51. The molecule has 4 rings (SSSR count). The van der Waals surface area contributed by atoms with Gasteiger partial charge in [-0.3, -0.25) is 24.1 Å². The van der Waals surface area contributed by atoms with Crippen molar-refractivity contribution >= 4 is 59.8 Å². The summed E-state index contributed by atoms with van der Waals surface area (Å²) in [6.07, 6.45) is 0.354. The maximum Gasteiger partial charge on any atom is 0.622 e. The van der Waals surface area contributed by atoms with Crippen LogP contribution in [0.25, 0.3) is 0 Å². The molecule has 0 spiro atoms. The first-order chi connectivity index (χ1) is 19.0. The van der Waals surface area contributed by atoms with Crippen molar-refractivity contribution in [2.45, 2.75) is 38.3 Å². The van der Waals surface area contributed by atoms with Crippen molar-refractivity contribution in [2.75, 3.05) is 31.6 Å². The monoisotopic (exact) mass is 588 g/mol. The first-order valence-corrected chi connectivity index (χ1v) is 13.7. The van der Waals surface area contributed by atoms with Gasteiger partial charge in [0.05, 0.1) is 23.1 Å². The molecule has 0 saturated carbocycles. The Hall–Kier alpha value is -3.28. The average molecular weight is 589 g/mol. The van der Waals surface area contributed by atoms with Gasteiger partial charge in [-0.05, 0) is 49.7 Å². The van der Waals surface area contributed by atoms with E-state index in [1.54, 1.807) is 18.0 Å².